The maximum Gasteiger partial charge on any atom is 0.230 e. The number of benzene rings is 1. The summed E-state index contributed by atoms with van der Waals surface area (Å²) in [5.74, 6) is 1.05. The number of methoxy groups -OCH3 is 1. The quantitative estimate of drug-likeness (QED) is 0.564. The molecule has 2 aromatic rings. The molecule has 7 heteroatoms. The summed E-state index contributed by atoms with van der Waals surface area (Å²) < 4.78 is 5.46. The van der Waals surface area contributed by atoms with Gasteiger partial charge in [0.05, 0.1) is 17.9 Å². The van der Waals surface area contributed by atoms with E-state index in [0.717, 1.165) is 42.2 Å². The van der Waals surface area contributed by atoms with Crippen LogP contribution in [0.2, 0.25) is 0 Å². The Labute approximate surface area is 213 Å². The molecule has 3 aliphatic rings. The Bertz CT molecular complexity index is 928. The number of likely N-dealkylation sites (tertiary alicyclic amines) is 1. The summed E-state index contributed by atoms with van der Waals surface area (Å²) in [6.07, 6.45) is 8.18. The molecule has 0 radical (unpaired) electrons. The molecular weight excluding hydrogens is 468 g/mol. The predicted molar refractivity (Wildman–Crippen MR) is 139 cm³/mol. The summed E-state index contributed by atoms with van der Waals surface area (Å²) in [5.41, 5.74) is 0.335. The van der Waals surface area contributed by atoms with Gasteiger partial charge >= 0.3 is 0 Å². The average Bonchev–Trinajstić information content (AvgIpc) is 3.43. The van der Waals surface area contributed by atoms with Gasteiger partial charge in [0.1, 0.15) is 11.4 Å². The van der Waals surface area contributed by atoms with E-state index in [-0.39, 0.29) is 18.3 Å². The zero-order valence-corrected chi connectivity index (χ0v) is 21.7. The highest BCUT2D eigenvalue weighted by Crippen LogP contribution is 2.42. The Morgan fingerprint density at radius 2 is 1.79 bits per heavy atom. The van der Waals surface area contributed by atoms with Gasteiger partial charge in [-0.1, -0.05) is 30.3 Å². The maximum atomic E-state index is 13.8. The third-order valence-corrected chi connectivity index (χ3v) is 9.23. The molecule has 1 aromatic heterocycles. The predicted octanol–water partition coefficient (Wildman–Crippen LogP) is 5.18. The molecular formula is C27H37ClN2O3S. The first-order valence-corrected chi connectivity index (χ1v) is 13.4. The minimum Gasteiger partial charge on any atom is -0.495 e. The highest BCUT2D eigenvalue weighted by molar-refractivity contribution is 7.10. The van der Waals surface area contributed by atoms with Crippen molar-refractivity contribution < 1.29 is 14.6 Å². The van der Waals surface area contributed by atoms with E-state index in [4.69, 9.17) is 4.74 Å². The number of hydrogen-bond acceptors (Lipinski definition) is 5. The van der Waals surface area contributed by atoms with Crippen LogP contribution in [0.4, 0.5) is 0 Å². The lowest BCUT2D eigenvalue weighted by molar-refractivity contribution is -0.137. The zero-order valence-electron chi connectivity index (χ0n) is 20.0. The van der Waals surface area contributed by atoms with Crippen LogP contribution in [0.15, 0.2) is 41.8 Å². The molecule has 5 nitrogen and oxygen atoms in total. The fourth-order valence-electron chi connectivity index (χ4n) is 6.26. The largest absolute Gasteiger partial charge is 0.495 e. The zero-order chi connectivity index (χ0) is 22.8. The summed E-state index contributed by atoms with van der Waals surface area (Å²) in [7, 11) is 1.67. The van der Waals surface area contributed by atoms with E-state index in [1.165, 1.54) is 32.1 Å². The van der Waals surface area contributed by atoms with E-state index in [2.05, 4.69) is 34.1 Å². The second-order valence-corrected chi connectivity index (χ2v) is 10.9. The van der Waals surface area contributed by atoms with Crippen LogP contribution < -0.4 is 4.74 Å². The number of aliphatic hydroxyl groups is 1. The van der Waals surface area contributed by atoms with Crippen molar-refractivity contribution in [2.45, 2.75) is 75.0 Å². The number of carbonyl (C=O) groups excluding carboxylic acids is 1. The number of thiophene rings is 1. The van der Waals surface area contributed by atoms with Crippen molar-refractivity contribution in [3.05, 3.63) is 52.2 Å². The highest BCUT2D eigenvalue weighted by Gasteiger charge is 2.42. The monoisotopic (exact) mass is 504 g/mol. The van der Waals surface area contributed by atoms with Crippen LogP contribution in [0.25, 0.3) is 0 Å². The molecule has 1 amide bonds. The van der Waals surface area contributed by atoms with Crippen molar-refractivity contribution in [3.63, 3.8) is 0 Å². The summed E-state index contributed by atoms with van der Waals surface area (Å²) >= 11 is 1.58. The van der Waals surface area contributed by atoms with E-state index in [9.17, 15) is 9.90 Å². The molecule has 3 saturated heterocycles. The number of piperidine rings is 2. The van der Waals surface area contributed by atoms with Crippen molar-refractivity contribution in [1.82, 2.24) is 9.80 Å². The van der Waals surface area contributed by atoms with Gasteiger partial charge < -0.3 is 19.6 Å². The number of nitrogens with zero attached hydrogens (tertiary/aromatic N) is 2. The molecule has 3 atom stereocenters. The molecule has 0 spiro atoms. The first-order valence-electron chi connectivity index (χ1n) is 12.5. The first kappa shape index (κ1) is 25.5. The van der Waals surface area contributed by atoms with Crippen LogP contribution in [0.5, 0.6) is 5.75 Å². The number of halogens is 1. The standard InChI is InChI=1S/C27H36N2O3S.ClH/c1-32-24-13-19-33-25(24)27(31)14-17-28(18-15-27)16-12-23(20-6-3-2-4-7-20)26(30)29-21-8-5-9-22(29)11-10-21;/h2-4,6-7,13,19,21-23,31H,5,8-12,14-18H2,1H3;1H/t21-,22?,23?;/m1./s1. The number of rotatable bonds is 7. The van der Waals surface area contributed by atoms with Crippen LogP contribution in [-0.2, 0) is 10.4 Å². The van der Waals surface area contributed by atoms with E-state index >= 15 is 0 Å². The van der Waals surface area contributed by atoms with Crippen molar-refractivity contribution in [1.29, 1.82) is 0 Å². The van der Waals surface area contributed by atoms with Gasteiger partial charge in [-0.25, -0.2) is 0 Å². The van der Waals surface area contributed by atoms with Gasteiger partial charge in [0.25, 0.3) is 0 Å². The molecule has 2 unspecified atom stereocenters. The molecule has 34 heavy (non-hydrogen) atoms. The fourth-order valence-corrected chi connectivity index (χ4v) is 7.28. The molecule has 0 saturated carbocycles. The van der Waals surface area contributed by atoms with E-state index in [0.29, 0.717) is 30.8 Å². The van der Waals surface area contributed by atoms with Crippen molar-refractivity contribution >= 4 is 29.7 Å². The third-order valence-electron chi connectivity index (χ3n) is 8.14. The second kappa shape index (κ2) is 11.0. The Morgan fingerprint density at radius 1 is 1.12 bits per heavy atom. The minimum atomic E-state index is -0.808. The number of hydrogen-bond donors (Lipinski definition) is 1. The minimum absolute atomic E-state index is 0. The first-order chi connectivity index (χ1) is 16.1. The van der Waals surface area contributed by atoms with Gasteiger partial charge in [-0.05, 0) is 74.9 Å². The van der Waals surface area contributed by atoms with Crippen LogP contribution in [0.3, 0.4) is 0 Å². The summed E-state index contributed by atoms with van der Waals surface area (Å²) in [6.45, 7) is 2.55. The maximum absolute atomic E-state index is 13.8. The molecule has 0 aliphatic carbocycles. The van der Waals surface area contributed by atoms with Gasteiger partial charge in [0, 0.05) is 25.2 Å². The third kappa shape index (κ3) is 5.01. The summed E-state index contributed by atoms with van der Waals surface area (Å²) in [5, 5.41) is 13.3. The normalized spacial score (nSPS) is 24.9. The van der Waals surface area contributed by atoms with E-state index < -0.39 is 5.60 Å². The van der Waals surface area contributed by atoms with E-state index in [1.54, 1.807) is 18.4 Å². The summed E-state index contributed by atoms with van der Waals surface area (Å²) in [6, 6.07) is 13.2. The van der Waals surface area contributed by atoms with Crippen molar-refractivity contribution in [2.24, 2.45) is 0 Å². The molecule has 5 rings (SSSR count). The lowest BCUT2D eigenvalue weighted by atomic mass is 9.88. The number of ether oxygens (including phenoxy) is 1. The van der Waals surface area contributed by atoms with Gasteiger partial charge in [0.2, 0.25) is 5.91 Å². The fraction of sp³-hybridized carbons (Fsp3) is 0.593. The van der Waals surface area contributed by atoms with Crippen LogP contribution in [0.1, 0.15) is 67.7 Å². The molecule has 2 bridgehead atoms. The summed E-state index contributed by atoms with van der Waals surface area (Å²) in [4.78, 5) is 19.4. The number of carbonyl (C=O) groups is 1. The Morgan fingerprint density at radius 3 is 2.44 bits per heavy atom. The Kier molecular flexibility index (Phi) is 8.24. The Hall–Kier alpha value is -1.60. The average molecular weight is 505 g/mol. The van der Waals surface area contributed by atoms with Gasteiger partial charge in [-0.3, -0.25) is 4.79 Å². The molecule has 1 aromatic carbocycles. The van der Waals surface area contributed by atoms with Gasteiger partial charge in [-0.2, -0.15) is 0 Å². The van der Waals surface area contributed by atoms with Crippen LogP contribution in [0, 0.1) is 0 Å². The lowest BCUT2D eigenvalue weighted by Crippen LogP contribution is -2.47. The van der Waals surface area contributed by atoms with Crippen molar-refractivity contribution in [2.75, 3.05) is 26.7 Å². The topological polar surface area (TPSA) is 53.0 Å². The molecule has 3 fully saturated rings. The van der Waals surface area contributed by atoms with Gasteiger partial charge in [-0.15, -0.1) is 23.7 Å². The molecule has 4 heterocycles. The Balaban J connectivity index is 0.00000274. The second-order valence-electron chi connectivity index (χ2n) is 10.0. The number of amides is 1. The lowest BCUT2D eigenvalue weighted by Gasteiger charge is -2.39. The molecule has 3 aliphatic heterocycles. The number of fused-ring (bicyclic) bond motifs is 2. The highest BCUT2D eigenvalue weighted by atomic mass is 35.5. The molecule has 1 N–H and O–H groups in total. The van der Waals surface area contributed by atoms with E-state index in [1.807, 2.05) is 17.5 Å². The molecule has 186 valence electrons. The van der Waals surface area contributed by atoms with Crippen molar-refractivity contribution in [3.8, 4) is 5.75 Å². The van der Waals surface area contributed by atoms with Gasteiger partial charge in [0.15, 0.2) is 0 Å². The van der Waals surface area contributed by atoms with Crippen LogP contribution in [-0.4, -0.2) is 59.6 Å². The SMILES string of the molecule is COc1ccsc1C1(O)CCN(CCC(C(=O)N2C3CCC[C@@H]2CC3)c2ccccc2)CC1.Cl. The smallest absolute Gasteiger partial charge is 0.230 e. The van der Waals surface area contributed by atoms with Crippen LogP contribution >= 0.6 is 23.7 Å².